The van der Waals surface area contributed by atoms with E-state index in [1.54, 1.807) is 0 Å². The van der Waals surface area contributed by atoms with Gasteiger partial charge in [-0.1, -0.05) is 12.1 Å². The lowest BCUT2D eigenvalue weighted by molar-refractivity contribution is -0.137. The second kappa shape index (κ2) is 7.13. The minimum atomic E-state index is -4.45. The van der Waals surface area contributed by atoms with E-state index >= 15 is 0 Å². The molecule has 4 rings (SSSR count). The Morgan fingerprint density at radius 3 is 2.17 bits per heavy atom. The van der Waals surface area contributed by atoms with Crippen molar-refractivity contribution in [3.8, 4) is 0 Å². The molecular weight excluding hydrogens is 386 g/mol. The maximum absolute atomic E-state index is 13.3. The van der Waals surface area contributed by atoms with Gasteiger partial charge < -0.3 is 0 Å². The van der Waals surface area contributed by atoms with Crippen LogP contribution in [0.1, 0.15) is 42.7 Å². The fourth-order valence-corrected chi connectivity index (χ4v) is 4.07. The Morgan fingerprint density at radius 2 is 1.55 bits per heavy atom. The number of carbonyl (C=O) groups excluding carboxylic acids is 2. The summed E-state index contributed by atoms with van der Waals surface area (Å²) >= 11 is 0. The molecule has 1 heterocycles. The van der Waals surface area contributed by atoms with E-state index < -0.39 is 23.5 Å². The van der Waals surface area contributed by atoms with Crippen LogP contribution < -0.4 is 4.90 Å². The monoisotopic (exact) mass is 403 g/mol. The second-order valence-electron chi connectivity index (χ2n) is 7.22. The summed E-state index contributed by atoms with van der Waals surface area (Å²) in [5, 5.41) is 0. The van der Waals surface area contributed by atoms with Gasteiger partial charge in [-0.3, -0.25) is 14.5 Å². The highest BCUT2D eigenvalue weighted by Gasteiger charge is 2.40. The Bertz CT molecular complexity index is 991. The van der Waals surface area contributed by atoms with Crippen molar-refractivity contribution in [1.82, 2.24) is 0 Å². The first-order valence-corrected chi connectivity index (χ1v) is 9.27. The number of hydrogen-bond acceptors (Lipinski definition) is 2. The molecule has 29 heavy (non-hydrogen) atoms. The number of benzene rings is 2. The van der Waals surface area contributed by atoms with Crippen molar-refractivity contribution in [2.75, 3.05) is 4.90 Å². The number of ketones is 1. The molecule has 1 atom stereocenters. The zero-order chi connectivity index (χ0) is 20.8. The van der Waals surface area contributed by atoms with Crippen LogP contribution in [0.25, 0.3) is 0 Å². The van der Waals surface area contributed by atoms with Crippen LogP contribution in [0.5, 0.6) is 0 Å². The summed E-state index contributed by atoms with van der Waals surface area (Å²) in [5.74, 6) is -1.38. The standard InChI is InChI=1S/C22H17F4NO2/c23-15-8-10-16(11-9-15)27-18-2-1-3-19(28)21(18)17(12-20(27)29)13-4-6-14(7-5-13)22(24,25)26/h4-11,17H,1-3,12H2. The van der Waals surface area contributed by atoms with Gasteiger partial charge in [0.05, 0.1) is 5.56 Å². The zero-order valence-electron chi connectivity index (χ0n) is 15.3. The molecule has 1 unspecified atom stereocenters. The number of halogens is 4. The summed E-state index contributed by atoms with van der Waals surface area (Å²) in [6.07, 6.45) is -3.07. The minimum absolute atomic E-state index is 0.0344. The van der Waals surface area contributed by atoms with E-state index in [1.165, 1.54) is 41.3 Å². The summed E-state index contributed by atoms with van der Waals surface area (Å²) in [6, 6.07) is 10.1. The normalized spacial score (nSPS) is 20.1. The van der Waals surface area contributed by atoms with Crippen LogP contribution in [-0.2, 0) is 15.8 Å². The molecule has 0 saturated heterocycles. The molecule has 7 heteroatoms. The summed E-state index contributed by atoms with van der Waals surface area (Å²) in [6.45, 7) is 0. The third-order valence-electron chi connectivity index (χ3n) is 5.40. The van der Waals surface area contributed by atoms with Crippen molar-refractivity contribution in [3.63, 3.8) is 0 Å². The molecule has 0 radical (unpaired) electrons. The molecule has 2 aromatic carbocycles. The SMILES string of the molecule is O=C1CCCC2=C1C(c1ccc(C(F)(F)F)cc1)CC(=O)N2c1ccc(F)cc1. The van der Waals surface area contributed by atoms with Crippen LogP contribution in [0.15, 0.2) is 59.8 Å². The van der Waals surface area contributed by atoms with E-state index in [9.17, 15) is 27.2 Å². The maximum Gasteiger partial charge on any atom is 0.416 e. The van der Waals surface area contributed by atoms with Crippen molar-refractivity contribution in [1.29, 1.82) is 0 Å². The summed E-state index contributed by atoms with van der Waals surface area (Å²) in [5.41, 5.74) is 1.24. The first-order chi connectivity index (χ1) is 13.8. The van der Waals surface area contributed by atoms with Crippen molar-refractivity contribution >= 4 is 17.4 Å². The quantitative estimate of drug-likeness (QED) is 0.632. The smallest absolute Gasteiger partial charge is 0.294 e. The predicted molar refractivity (Wildman–Crippen MR) is 98.6 cm³/mol. The van der Waals surface area contributed by atoms with Gasteiger partial charge in [-0.05, 0) is 54.8 Å². The number of alkyl halides is 3. The molecule has 0 spiro atoms. The van der Waals surface area contributed by atoms with Crippen molar-refractivity contribution < 1.29 is 27.2 Å². The highest BCUT2D eigenvalue weighted by Crippen LogP contribution is 2.43. The number of amides is 1. The highest BCUT2D eigenvalue weighted by atomic mass is 19.4. The van der Waals surface area contributed by atoms with E-state index in [0.717, 1.165) is 12.1 Å². The van der Waals surface area contributed by atoms with Gasteiger partial charge >= 0.3 is 6.18 Å². The molecule has 1 aliphatic heterocycles. The van der Waals surface area contributed by atoms with Gasteiger partial charge in [0, 0.05) is 35.7 Å². The van der Waals surface area contributed by atoms with E-state index in [0.29, 0.717) is 41.8 Å². The molecule has 150 valence electrons. The number of carbonyl (C=O) groups is 2. The van der Waals surface area contributed by atoms with Crippen molar-refractivity contribution in [2.45, 2.75) is 37.8 Å². The number of allylic oxidation sites excluding steroid dienone is 2. The van der Waals surface area contributed by atoms with Crippen LogP contribution in [-0.4, -0.2) is 11.7 Å². The minimum Gasteiger partial charge on any atom is -0.294 e. The third-order valence-corrected chi connectivity index (χ3v) is 5.40. The van der Waals surface area contributed by atoms with E-state index in [4.69, 9.17) is 0 Å². The average molecular weight is 403 g/mol. The first-order valence-electron chi connectivity index (χ1n) is 9.27. The highest BCUT2D eigenvalue weighted by molar-refractivity contribution is 6.07. The lowest BCUT2D eigenvalue weighted by Crippen LogP contribution is -2.40. The second-order valence-corrected chi connectivity index (χ2v) is 7.22. The number of Topliss-reactive ketones (excluding diaryl/α,β-unsaturated/α-hetero) is 1. The Kier molecular flexibility index (Phi) is 4.76. The van der Waals surface area contributed by atoms with Crippen LogP contribution in [0, 0.1) is 5.82 Å². The van der Waals surface area contributed by atoms with Crippen LogP contribution in [0.3, 0.4) is 0 Å². The van der Waals surface area contributed by atoms with E-state index in [-0.39, 0.29) is 18.1 Å². The molecule has 2 aromatic rings. The fraction of sp³-hybridized carbons (Fsp3) is 0.273. The fourth-order valence-electron chi connectivity index (χ4n) is 4.07. The van der Waals surface area contributed by atoms with Crippen LogP contribution in [0.4, 0.5) is 23.2 Å². The Hall–Kier alpha value is -2.96. The van der Waals surface area contributed by atoms with E-state index in [2.05, 4.69) is 0 Å². The van der Waals surface area contributed by atoms with E-state index in [1.807, 2.05) is 0 Å². The summed E-state index contributed by atoms with van der Waals surface area (Å²) in [7, 11) is 0. The average Bonchev–Trinajstić information content (AvgIpc) is 2.68. The Morgan fingerprint density at radius 1 is 0.897 bits per heavy atom. The Balaban J connectivity index is 1.79. The predicted octanol–water partition coefficient (Wildman–Crippen LogP) is 5.37. The van der Waals surface area contributed by atoms with Crippen molar-refractivity contribution in [2.24, 2.45) is 0 Å². The number of rotatable bonds is 2. The number of nitrogens with zero attached hydrogens (tertiary/aromatic N) is 1. The molecule has 1 aliphatic carbocycles. The van der Waals surface area contributed by atoms with Gasteiger partial charge in [0.1, 0.15) is 5.82 Å². The van der Waals surface area contributed by atoms with Gasteiger partial charge in [-0.2, -0.15) is 13.2 Å². The van der Waals surface area contributed by atoms with Gasteiger partial charge in [-0.15, -0.1) is 0 Å². The van der Waals surface area contributed by atoms with Gasteiger partial charge in [0.2, 0.25) is 5.91 Å². The molecule has 2 aliphatic rings. The van der Waals surface area contributed by atoms with Crippen molar-refractivity contribution in [3.05, 3.63) is 76.7 Å². The molecule has 0 fully saturated rings. The van der Waals surface area contributed by atoms with Crippen LogP contribution >= 0.6 is 0 Å². The molecule has 0 bridgehead atoms. The molecule has 0 saturated carbocycles. The van der Waals surface area contributed by atoms with Gasteiger partial charge in [0.15, 0.2) is 5.78 Å². The van der Waals surface area contributed by atoms with Gasteiger partial charge in [0.25, 0.3) is 0 Å². The molecular formula is C22H17F4NO2. The number of anilines is 1. The van der Waals surface area contributed by atoms with Gasteiger partial charge in [-0.25, -0.2) is 4.39 Å². The molecule has 0 aromatic heterocycles. The summed E-state index contributed by atoms with van der Waals surface area (Å²) < 4.78 is 51.9. The summed E-state index contributed by atoms with van der Waals surface area (Å²) in [4.78, 5) is 27.1. The topological polar surface area (TPSA) is 37.4 Å². The molecule has 3 nitrogen and oxygen atoms in total. The Labute approximate surface area is 164 Å². The maximum atomic E-state index is 13.3. The molecule has 0 N–H and O–H groups in total. The third kappa shape index (κ3) is 3.57. The largest absolute Gasteiger partial charge is 0.416 e. The lowest BCUT2D eigenvalue weighted by Gasteiger charge is -2.38. The van der Waals surface area contributed by atoms with Crippen LogP contribution in [0.2, 0.25) is 0 Å². The zero-order valence-corrected chi connectivity index (χ0v) is 15.3. The molecule has 1 amide bonds. The number of hydrogen-bond donors (Lipinski definition) is 0. The first kappa shape index (κ1) is 19.4. The lowest BCUT2D eigenvalue weighted by atomic mass is 9.77.